The zero-order valence-corrected chi connectivity index (χ0v) is 17.4. The minimum absolute atomic E-state index is 0.0957. The number of carbonyl (C=O) groups excluding carboxylic acids is 1. The molecule has 1 heterocycles. The molecule has 0 unspecified atom stereocenters. The summed E-state index contributed by atoms with van der Waals surface area (Å²) >= 11 is 0. The Morgan fingerprint density at radius 1 is 1.00 bits per heavy atom. The van der Waals surface area contributed by atoms with Crippen molar-refractivity contribution in [3.05, 3.63) is 89.4 Å². The molecule has 32 heavy (non-hydrogen) atoms. The van der Waals surface area contributed by atoms with Crippen LogP contribution in [-0.2, 0) is 19.3 Å². The number of alkyl halides is 3. The number of amides is 1. The number of nitrogens with one attached hydrogen (secondary N) is 3. The minimum atomic E-state index is -4.39. The maximum atomic E-state index is 12.9. The third kappa shape index (κ3) is 6.63. The number of anilines is 1. The lowest BCUT2D eigenvalue weighted by Crippen LogP contribution is -2.36. The van der Waals surface area contributed by atoms with Crippen LogP contribution in [0.4, 0.5) is 18.9 Å². The first-order valence-electron chi connectivity index (χ1n) is 9.97. The molecule has 3 aromatic rings. The van der Waals surface area contributed by atoms with E-state index in [2.05, 4.69) is 20.9 Å². The van der Waals surface area contributed by atoms with E-state index >= 15 is 0 Å². The molecule has 0 saturated heterocycles. The Balaban J connectivity index is 1.62. The molecule has 0 saturated carbocycles. The summed E-state index contributed by atoms with van der Waals surface area (Å²) in [7, 11) is 0. The van der Waals surface area contributed by atoms with Crippen LogP contribution in [0.3, 0.4) is 0 Å². The molecule has 0 spiro atoms. The van der Waals surface area contributed by atoms with Gasteiger partial charge in [-0.25, -0.2) is 4.99 Å². The Hall–Kier alpha value is -3.75. The predicted octanol–water partition coefficient (Wildman–Crippen LogP) is 4.81. The van der Waals surface area contributed by atoms with Gasteiger partial charge in [-0.15, -0.1) is 0 Å². The molecule has 0 aliphatic carbocycles. The molecule has 0 aliphatic rings. The van der Waals surface area contributed by atoms with Gasteiger partial charge < -0.3 is 20.4 Å². The van der Waals surface area contributed by atoms with Crippen LogP contribution < -0.4 is 16.0 Å². The second kappa shape index (κ2) is 10.5. The molecule has 0 fully saturated rings. The largest absolute Gasteiger partial charge is 0.459 e. The molecule has 0 bridgehead atoms. The van der Waals surface area contributed by atoms with E-state index in [0.717, 1.165) is 17.7 Å². The number of rotatable bonds is 7. The van der Waals surface area contributed by atoms with E-state index in [0.29, 0.717) is 30.3 Å². The number of hydrogen-bond donors (Lipinski definition) is 3. The topological polar surface area (TPSA) is 78.7 Å². The Morgan fingerprint density at radius 2 is 1.78 bits per heavy atom. The lowest BCUT2D eigenvalue weighted by Gasteiger charge is -2.13. The van der Waals surface area contributed by atoms with Gasteiger partial charge in [0, 0.05) is 18.8 Å². The first-order valence-corrected chi connectivity index (χ1v) is 9.97. The third-order valence-electron chi connectivity index (χ3n) is 4.41. The molecule has 0 atom stereocenters. The van der Waals surface area contributed by atoms with E-state index in [1.807, 2.05) is 25.1 Å². The molecule has 3 rings (SSSR count). The van der Waals surface area contributed by atoms with Crippen molar-refractivity contribution < 1.29 is 22.4 Å². The Bertz CT molecular complexity index is 1060. The predicted molar refractivity (Wildman–Crippen MR) is 116 cm³/mol. The Labute approximate surface area is 183 Å². The SMILES string of the molecule is CCNC(=NCc1cccc(C(F)(F)F)c1)NCc1cccc(NC(=O)c2ccco2)c1. The molecule has 9 heteroatoms. The fourth-order valence-corrected chi connectivity index (χ4v) is 2.90. The van der Waals surface area contributed by atoms with Crippen LogP contribution in [0, 0.1) is 0 Å². The summed E-state index contributed by atoms with van der Waals surface area (Å²) in [4.78, 5) is 16.5. The van der Waals surface area contributed by atoms with E-state index in [1.54, 1.807) is 24.3 Å². The second-order valence-corrected chi connectivity index (χ2v) is 6.88. The second-order valence-electron chi connectivity index (χ2n) is 6.88. The van der Waals surface area contributed by atoms with Crippen molar-refractivity contribution in [2.45, 2.75) is 26.2 Å². The average molecular weight is 444 g/mol. The summed E-state index contributed by atoms with van der Waals surface area (Å²) < 4.78 is 43.8. The number of guanidine groups is 1. The summed E-state index contributed by atoms with van der Waals surface area (Å²) in [6.45, 7) is 2.98. The van der Waals surface area contributed by atoms with Crippen molar-refractivity contribution in [2.75, 3.05) is 11.9 Å². The first kappa shape index (κ1) is 22.9. The number of halogens is 3. The Kier molecular flexibility index (Phi) is 7.54. The summed E-state index contributed by atoms with van der Waals surface area (Å²) in [5.41, 5.74) is 1.25. The normalized spacial score (nSPS) is 11.8. The lowest BCUT2D eigenvalue weighted by molar-refractivity contribution is -0.137. The number of furan rings is 1. The van der Waals surface area contributed by atoms with Crippen molar-refractivity contribution in [3.8, 4) is 0 Å². The number of benzene rings is 2. The minimum Gasteiger partial charge on any atom is -0.459 e. The third-order valence-corrected chi connectivity index (χ3v) is 4.41. The molecule has 6 nitrogen and oxygen atoms in total. The molecule has 1 aromatic heterocycles. The molecule has 168 valence electrons. The highest BCUT2D eigenvalue weighted by molar-refractivity contribution is 6.02. The van der Waals surface area contributed by atoms with Crippen LogP contribution >= 0.6 is 0 Å². The van der Waals surface area contributed by atoms with E-state index in [1.165, 1.54) is 12.3 Å². The number of hydrogen-bond acceptors (Lipinski definition) is 3. The van der Waals surface area contributed by atoms with Gasteiger partial charge in [0.05, 0.1) is 18.4 Å². The van der Waals surface area contributed by atoms with E-state index in [4.69, 9.17) is 4.42 Å². The van der Waals surface area contributed by atoms with Gasteiger partial charge in [0.1, 0.15) is 0 Å². The zero-order chi connectivity index (χ0) is 23.0. The van der Waals surface area contributed by atoms with Crippen molar-refractivity contribution in [2.24, 2.45) is 4.99 Å². The summed E-state index contributed by atoms with van der Waals surface area (Å²) in [5, 5.41) is 8.98. The summed E-state index contributed by atoms with van der Waals surface area (Å²) in [5.74, 6) is 0.329. The monoisotopic (exact) mass is 444 g/mol. The molecule has 1 amide bonds. The first-order chi connectivity index (χ1) is 15.3. The Morgan fingerprint density at radius 3 is 2.50 bits per heavy atom. The standard InChI is InChI=1S/C23H23F3N4O2/c1-2-27-22(28-14-16-6-3-8-18(12-16)23(24,25)26)29-15-17-7-4-9-19(13-17)30-21(31)20-10-5-11-32-20/h3-13H,2,14-15H2,1H3,(H,30,31)(H2,27,28,29). The van der Waals surface area contributed by atoms with Gasteiger partial charge in [-0.1, -0.05) is 24.3 Å². The van der Waals surface area contributed by atoms with Crippen LogP contribution in [-0.4, -0.2) is 18.4 Å². The lowest BCUT2D eigenvalue weighted by atomic mass is 10.1. The van der Waals surface area contributed by atoms with Gasteiger partial charge in [-0.3, -0.25) is 4.79 Å². The molecule has 0 aliphatic heterocycles. The molecule has 3 N–H and O–H groups in total. The average Bonchev–Trinajstić information content (AvgIpc) is 3.31. The fourth-order valence-electron chi connectivity index (χ4n) is 2.90. The highest BCUT2D eigenvalue weighted by atomic mass is 19.4. The highest BCUT2D eigenvalue weighted by Crippen LogP contribution is 2.29. The van der Waals surface area contributed by atoms with Gasteiger partial charge >= 0.3 is 6.18 Å². The van der Waals surface area contributed by atoms with Gasteiger partial charge in [-0.05, 0) is 54.4 Å². The smallest absolute Gasteiger partial charge is 0.416 e. The zero-order valence-electron chi connectivity index (χ0n) is 17.4. The van der Waals surface area contributed by atoms with Crippen molar-refractivity contribution in [1.29, 1.82) is 0 Å². The maximum absolute atomic E-state index is 12.9. The van der Waals surface area contributed by atoms with E-state index in [9.17, 15) is 18.0 Å². The molecule has 0 radical (unpaired) electrons. The quantitative estimate of drug-likeness (QED) is 0.361. The van der Waals surface area contributed by atoms with Gasteiger partial charge in [-0.2, -0.15) is 13.2 Å². The number of carbonyl (C=O) groups is 1. The summed E-state index contributed by atoms with van der Waals surface area (Å²) in [6.07, 6.45) is -2.96. The van der Waals surface area contributed by atoms with Gasteiger partial charge in [0.25, 0.3) is 5.91 Å². The van der Waals surface area contributed by atoms with Crippen LogP contribution in [0.5, 0.6) is 0 Å². The van der Waals surface area contributed by atoms with Crippen LogP contribution in [0.1, 0.15) is 34.2 Å². The van der Waals surface area contributed by atoms with Crippen molar-refractivity contribution in [1.82, 2.24) is 10.6 Å². The molecular formula is C23H23F3N4O2. The van der Waals surface area contributed by atoms with Crippen LogP contribution in [0.15, 0.2) is 76.3 Å². The van der Waals surface area contributed by atoms with Crippen LogP contribution in [0.2, 0.25) is 0 Å². The van der Waals surface area contributed by atoms with E-state index < -0.39 is 11.7 Å². The highest BCUT2D eigenvalue weighted by Gasteiger charge is 2.30. The number of aliphatic imine (C=N–C) groups is 1. The van der Waals surface area contributed by atoms with E-state index in [-0.39, 0.29) is 18.2 Å². The van der Waals surface area contributed by atoms with Crippen molar-refractivity contribution >= 4 is 17.6 Å². The summed E-state index contributed by atoms with van der Waals surface area (Å²) in [6, 6.07) is 15.6. The molecule has 2 aromatic carbocycles. The van der Waals surface area contributed by atoms with Crippen LogP contribution in [0.25, 0.3) is 0 Å². The number of nitrogens with zero attached hydrogens (tertiary/aromatic N) is 1. The van der Waals surface area contributed by atoms with Gasteiger partial charge in [0.2, 0.25) is 0 Å². The van der Waals surface area contributed by atoms with Crippen molar-refractivity contribution in [3.63, 3.8) is 0 Å². The maximum Gasteiger partial charge on any atom is 0.416 e. The van der Waals surface area contributed by atoms with Gasteiger partial charge in [0.15, 0.2) is 11.7 Å². The fraction of sp³-hybridized carbons (Fsp3) is 0.217. The molecular weight excluding hydrogens is 421 g/mol.